The zero-order valence-electron chi connectivity index (χ0n) is 10.5. The number of aromatic nitrogens is 2. The molecule has 6 nitrogen and oxygen atoms in total. The van der Waals surface area contributed by atoms with Crippen LogP contribution in [0.15, 0.2) is 22.7 Å². The van der Waals surface area contributed by atoms with Gasteiger partial charge in [-0.05, 0) is 41.1 Å². The van der Waals surface area contributed by atoms with Crippen molar-refractivity contribution in [3.8, 4) is 5.75 Å². The lowest BCUT2D eigenvalue weighted by Crippen LogP contribution is -2.13. The summed E-state index contributed by atoms with van der Waals surface area (Å²) >= 11 is 3.33. The van der Waals surface area contributed by atoms with E-state index in [4.69, 9.17) is 10.5 Å². The highest BCUT2D eigenvalue weighted by Crippen LogP contribution is 2.26. The van der Waals surface area contributed by atoms with Crippen molar-refractivity contribution in [2.24, 2.45) is 0 Å². The highest BCUT2D eigenvalue weighted by Gasteiger charge is 2.13. The molecule has 4 N–H and O–H groups in total. The molecule has 1 heterocycles. The molecular weight excluding hydrogens is 312 g/mol. The minimum atomic E-state index is -0.290. The maximum absolute atomic E-state index is 12.0. The van der Waals surface area contributed by atoms with Crippen molar-refractivity contribution >= 4 is 33.3 Å². The second-order valence-corrected chi connectivity index (χ2v) is 4.77. The molecule has 2 rings (SSSR count). The van der Waals surface area contributed by atoms with Gasteiger partial charge < -0.3 is 15.8 Å². The Kier molecular flexibility index (Phi) is 3.75. The van der Waals surface area contributed by atoms with Gasteiger partial charge >= 0.3 is 0 Å². The number of rotatable bonds is 3. The van der Waals surface area contributed by atoms with Crippen molar-refractivity contribution in [2.45, 2.75) is 6.92 Å². The summed E-state index contributed by atoms with van der Waals surface area (Å²) in [5, 5.41) is 9.27. The lowest BCUT2D eigenvalue weighted by molar-refractivity contribution is 0.102. The van der Waals surface area contributed by atoms with Gasteiger partial charge in [0, 0.05) is 5.56 Å². The van der Waals surface area contributed by atoms with E-state index in [0.29, 0.717) is 33.0 Å². The molecule has 0 bridgehead atoms. The summed E-state index contributed by atoms with van der Waals surface area (Å²) in [6.07, 6.45) is 0. The first-order chi connectivity index (χ1) is 9.02. The van der Waals surface area contributed by atoms with Crippen LogP contribution >= 0.6 is 15.9 Å². The van der Waals surface area contributed by atoms with E-state index in [9.17, 15) is 4.79 Å². The lowest BCUT2D eigenvalue weighted by atomic mass is 10.2. The maximum Gasteiger partial charge on any atom is 0.256 e. The summed E-state index contributed by atoms with van der Waals surface area (Å²) < 4.78 is 5.81. The van der Waals surface area contributed by atoms with E-state index in [1.807, 2.05) is 0 Å². The number of aryl methyl sites for hydroxylation is 1. The van der Waals surface area contributed by atoms with Crippen molar-refractivity contribution in [2.75, 3.05) is 18.2 Å². The van der Waals surface area contributed by atoms with Gasteiger partial charge in [0.2, 0.25) is 0 Å². The van der Waals surface area contributed by atoms with Gasteiger partial charge in [-0.3, -0.25) is 9.89 Å². The van der Waals surface area contributed by atoms with E-state index >= 15 is 0 Å². The molecule has 1 amide bonds. The van der Waals surface area contributed by atoms with E-state index in [1.54, 1.807) is 32.2 Å². The third-order valence-electron chi connectivity index (χ3n) is 2.64. The number of aromatic amines is 1. The van der Waals surface area contributed by atoms with Crippen LogP contribution in [0.2, 0.25) is 0 Å². The Morgan fingerprint density at radius 1 is 1.53 bits per heavy atom. The van der Waals surface area contributed by atoms with E-state index in [0.717, 1.165) is 0 Å². The number of H-pyrrole nitrogens is 1. The molecule has 100 valence electrons. The Hall–Kier alpha value is -2.02. The number of hydrogen-bond acceptors (Lipinski definition) is 4. The monoisotopic (exact) mass is 324 g/mol. The standard InChI is InChI=1S/C12H13BrN4O2/c1-6-10(14)11(17-16-6)15-12(18)7-3-4-9(19-2)8(13)5-7/h3-5H,14H2,1-2H3,(H2,15,16,17,18). The van der Waals surface area contributed by atoms with Crippen LogP contribution in [0.5, 0.6) is 5.75 Å². The van der Waals surface area contributed by atoms with E-state index in [-0.39, 0.29) is 5.91 Å². The number of nitrogens with one attached hydrogen (secondary N) is 2. The molecule has 0 aliphatic heterocycles. The summed E-state index contributed by atoms with van der Waals surface area (Å²) in [6, 6.07) is 5.04. The predicted molar refractivity (Wildman–Crippen MR) is 76.4 cm³/mol. The van der Waals surface area contributed by atoms with Crippen molar-refractivity contribution in [1.29, 1.82) is 0 Å². The highest BCUT2D eigenvalue weighted by molar-refractivity contribution is 9.10. The van der Waals surface area contributed by atoms with Gasteiger partial charge in [-0.1, -0.05) is 0 Å². The van der Waals surface area contributed by atoms with Crippen LogP contribution in [0.4, 0.5) is 11.5 Å². The first-order valence-corrected chi connectivity index (χ1v) is 6.27. The largest absolute Gasteiger partial charge is 0.496 e. The van der Waals surface area contributed by atoms with E-state index in [2.05, 4.69) is 31.4 Å². The van der Waals surface area contributed by atoms with Crippen LogP contribution < -0.4 is 15.8 Å². The topological polar surface area (TPSA) is 93.0 Å². The van der Waals surface area contributed by atoms with Gasteiger partial charge in [-0.2, -0.15) is 5.10 Å². The Bertz CT molecular complexity index is 624. The van der Waals surface area contributed by atoms with Gasteiger partial charge in [0.25, 0.3) is 5.91 Å². The Balaban J connectivity index is 2.21. The summed E-state index contributed by atoms with van der Waals surface area (Å²) in [5.74, 6) is 0.697. The Morgan fingerprint density at radius 3 is 2.79 bits per heavy atom. The lowest BCUT2D eigenvalue weighted by Gasteiger charge is -2.06. The molecule has 7 heteroatoms. The van der Waals surface area contributed by atoms with Crippen molar-refractivity contribution in [3.05, 3.63) is 33.9 Å². The molecule has 0 unspecified atom stereocenters. The Morgan fingerprint density at radius 2 is 2.26 bits per heavy atom. The van der Waals surface area contributed by atoms with Crippen LogP contribution in [0.25, 0.3) is 0 Å². The minimum absolute atomic E-state index is 0.290. The normalized spacial score (nSPS) is 10.3. The van der Waals surface area contributed by atoms with Crippen LogP contribution in [0.1, 0.15) is 16.1 Å². The number of nitrogen functional groups attached to an aromatic ring is 1. The number of methoxy groups -OCH3 is 1. The molecule has 0 aliphatic carbocycles. The molecular formula is C12H13BrN4O2. The second kappa shape index (κ2) is 5.31. The number of amides is 1. The fourth-order valence-corrected chi connectivity index (χ4v) is 2.06. The molecule has 2 aromatic rings. The predicted octanol–water partition coefficient (Wildman–Crippen LogP) is 2.32. The number of carbonyl (C=O) groups is 1. The molecule has 0 atom stereocenters. The average molecular weight is 325 g/mol. The second-order valence-electron chi connectivity index (χ2n) is 3.91. The van der Waals surface area contributed by atoms with Gasteiger partial charge in [0.15, 0.2) is 5.82 Å². The molecule has 0 fully saturated rings. The number of nitrogens with two attached hydrogens (primary N) is 1. The molecule has 1 aromatic heterocycles. The smallest absolute Gasteiger partial charge is 0.256 e. The number of ether oxygens (including phenoxy) is 1. The third-order valence-corrected chi connectivity index (χ3v) is 3.26. The van der Waals surface area contributed by atoms with Crippen molar-refractivity contribution in [1.82, 2.24) is 10.2 Å². The zero-order valence-corrected chi connectivity index (χ0v) is 12.0. The number of nitrogens with zero attached hydrogens (tertiary/aromatic N) is 1. The first kappa shape index (κ1) is 13.4. The van der Waals surface area contributed by atoms with Gasteiger partial charge in [-0.25, -0.2) is 0 Å². The molecule has 0 saturated carbocycles. The van der Waals surface area contributed by atoms with E-state index < -0.39 is 0 Å². The van der Waals surface area contributed by atoms with Crippen LogP contribution in [0, 0.1) is 6.92 Å². The SMILES string of the molecule is COc1ccc(C(=O)Nc2n[nH]c(C)c2N)cc1Br. The average Bonchev–Trinajstić information content (AvgIpc) is 2.70. The van der Waals surface area contributed by atoms with E-state index in [1.165, 1.54) is 0 Å². The molecule has 19 heavy (non-hydrogen) atoms. The maximum atomic E-state index is 12.0. The fourth-order valence-electron chi connectivity index (χ4n) is 1.52. The van der Waals surface area contributed by atoms with Gasteiger partial charge in [0.1, 0.15) is 5.75 Å². The number of hydrogen-bond donors (Lipinski definition) is 3. The van der Waals surface area contributed by atoms with Crippen molar-refractivity contribution < 1.29 is 9.53 Å². The molecule has 0 saturated heterocycles. The van der Waals surface area contributed by atoms with Gasteiger partial charge in [0.05, 0.1) is 23.0 Å². The highest BCUT2D eigenvalue weighted by atomic mass is 79.9. The fraction of sp³-hybridized carbons (Fsp3) is 0.167. The Labute approximate surface area is 118 Å². The summed E-state index contributed by atoms with van der Waals surface area (Å²) in [5.41, 5.74) is 7.39. The molecule has 1 aromatic carbocycles. The third kappa shape index (κ3) is 2.70. The number of anilines is 2. The molecule has 0 aliphatic rings. The first-order valence-electron chi connectivity index (χ1n) is 5.48. The number of halogens is 1. The number of carbonyl (C=O) groups excluding carboxylic acids is 1. The zero-order chi connectivity index (χ0) is 14.0. The quantitative estimate of drug-likeness (QED) is 0.807. The van der Waals surface area contributed by atoms with Gasteiger partial charge in [-0.15, -0.1) is 0 Å². The number of benzene rings is 1. The summed E-state index contributed by atoms with van der Waals surface area (Å²) in [4.78, 5) is 12.0. The summed E-state index contributed by atoms with van der Waals surface area (Å²) in [7, 11) is 1.56. The van der Waals surface area contributed by atoms with Crippen LogP contribution in [0.3, 0.4) is 0 Å². The van der Waals surface area contributed by atoms with Crippen LogP contribution in [-0.4, -0.2) is 23.2 Å². The summed E-state index contributed by atoms with van der Waals surface area (Å²) in [6.45, 7) is 1.78. The van der Waals surface area contributed by atoms with Crippen molar-refractivity contribution in [3.63, 3.8) is 0 Å². The minimum Gasteiger partial charge on any atom is -0.496 e. The molecule has 0 spiro atoms. The van der Waals surface area contributed by atoms with Crippen LogP contribution in [-0.2, 0) is 0 Å². The molecule has 0 radical (unpaired) electrons.